The highest BCUT2D eigenvalue weighted by Crippen LogP contribution is 2.27. The monoisotopic (exact) mass is 385 g/mol. The molecule has 0 unspecified atom stereocenters. The number of aromatic nitrogens is 2. The Morgan fingerprint density at radius 1 is 1.29 bits per heavy atom. The molecule has 8 heteroatoms. The number of phenolic OH excluding ortho intramolecular Hbond substituents is 1. The fraction of sp³-hybridized carbons (Fsp3) is 0.250. The van der Waals surface area contributed by atoms with E-state index in [0.717, 1.165) is 6.07 Å². The summed E-state index contributed by atoms with van der Waals surface area (Å²) in [5, 5.41) is 22.9. The molecular formula is C20H20FN3O4. The molecule has 28 heavy (non-hydrogen) atoms. The van der Waals surface area contributed by atoms with Crippen LogP contribution in [0.1, 0.15) is 34.8 Å². The van der Waals surface area contributed by atoms with Crippen molar-refractivity contribution in [2.45, 2.75) is 19.8 Å². The lowest BCUT2D eigenvalue weighted by atomic mass is 10.0. The van der Waals surface area contributed by atoms with Crippen LogP contribution in [0.5, 0.6) is 11.5 Å². The van der Waals surface area contributed by atoms with Crippen LogP contribution < -0.4 is 10.9 Å². The maximum atomic E-state index is 13.1. The van der Waals surface area contributed by atoms with E-state index in [2.05, 4.69) is 10.3 Å². The number of fused-ring (bicyclic) bond motifs is 1. The number of rotatable bonds is 5. The molecule has 0 atom stereocenters. The minimum absolute atomic E-state index is 0.121. The predicted molar refractivity (Wildman–Crippen MR) is 102 cm³/mol. The van der Waals surface area contributed by atoms with Crippen LogP contribution in [-0.2, 0) is 13.5 Å². The number of nitrogens with one attached hydrogen (secondary N) is 1. The van der Waals surface area contributed by atoms with Gasteiger partial charge < -0.3 is 20.1 Å². The number of phenols is 1. The van der Waals surface area contributed by atoms with Gasteiger partial charge in [0.1, 0.15) is 22.6 Å². The Hall–Kier alpha value is -3.42. The number of aromatic hydroxyl groups is 2. The van der Waals surface area contributed by atoms with Crippen LogP contribution in [0.15, 0.2) is 35.3 Å². The first-order chi connectivity index (χ1) is 13.3. The number of aryl methyl sites for hydroxylation is 1. The SMILES string of the molecule is CCCNC(=O)c1c(O)c2ncc(Cc3ccc(F)cc3O)cc2n(C)c1=O. The zero-order chi connectivity index (χ0) is 20.4. The van der Waals surface area contributed by atoms with Gasteiger partial charge in [0.15, 0.2) is 5.75 Å². The van der Waals surface area contributed by atoms with Gasteiger partial charge in [0.25, 0.3) is 11.5 Å². The van der Waals surface area contributed by atoms with Gasteiger partial charge in [-0.2, -0.15) is 0 Å². The van der Waals surface area contributed by atoms with Crippen molar-refractivity contribution < 1.29 is 19.4 Å². The van der Waals surface area contributed by atoms with Crippen molar-refractivity contribution in [2.75, 3.05) is 6.54 Å². The summed E-state index contributed by atoms with van der Waals surface area (Å²) in [5.74, 6) is -1.84. The zero-order valence-corrected chi connectivity index (χ0v) is 15.5. The standard InChI is InChI=1S/C20H20FN3O4/c1-3-6-22-19(27)16-18(26)17-14(24(2)20(16)28)8-11(10-23-17)7-12-4-5-13(21)9-15(12)25/h4-5,8-10,25-26H,3,6-7H2,1-2H3,(H,22,27). The van der Waals surface area contributed by atoms with E-state index in [-0.39, 0.29) is 23.3 Å². The van der Waals surface area contributed by atoms with Crippen molar-refractivity contribution in [1.29, 1.82) is 0 Å². The highest BCUT2D eigenvalue weighted by molar-refractivity contribution is 6.01. The minimum Gasteiger partial charge on any atom is -0.508 e. The summed E-state index contributed by atoms with van der Waals surface area (Å²) in [5.41, 5.74) is 0.617. The summed E-state index contributed by atoms with van der Waals surface area (Å²) in [6.45, 7) is 2.26. The molecule has 0 bridgehead atoms. The molecular weight excluding hydrogens is 365 g/mol. The molecule has 0 aliphatic heterocycles. The molecule has 0 aliphatic rings. The largest absolute Gasteiger partial charge is 0.508 e. The van der Waals surface area contributed by atoms with E-state index in [0.29, 0.717) is 29.6 Å². The molecule has 2 heterocycles. The fourth-order valence-corrected chi connectivity index (χ4v) is 2.96. The van der Waals surface area contributed by atoms with Gasteiger partial charge in [0, 0.05) is 32.3 Å². The van der Waals surface area contributed by atoms with Gasteiger partial charge in [-0.3, -0.25) is 14.6 Å². The van der Waals surface area contributed by atoms with Crippen molar-refractivity contribution in [3.8, 4) is 11.5 Å². The smallest absolute Gasteiger partial charge is 0.267 e. The molecule has 1 amide bonds. The average molecular weight is 385 g/mol. The lowest BCUT2D eigenvalue weighted by molar-refractivity contribution is 0.0949. The van der Waals surface area contributed by atoms with Crippen LogP contribution >= 0.6 is 0 Å². The molecule has 3 rings (SSSR count). The van der Waals surface area contributed by atoms with Crippen molar-refractivity contribution in [3.63, 3.8) is 0 Å². The second kappa shape index (κ2) is 7.67. The molecule has 146 valence electrons. The Bertz CT molecular complexity index is 1120. The number of halogens is 1. The predicted octanol–water partition coefficient (Wildman–Crippen LogP) is 2.21. The lowest BCUT2D eigenvalue weighted by Crippen LogP contribution is -2.33. The van der Waals surface area contributed by atoms with Gasteiger partial charge in [-0.25, -0.2) is 4.39 Å². The van der Waals surface area contributed by atoms with E-state index in [1.165, 1.54) is 29.9 Å². The van der Waals surface area contributed by atoms with Gasteiger partial charge in [0.05, 0.1) is 5.52 Å². The molecule has 3 aromatic rings. The molecule has 0 fully saturated rings. The third-order valence-corrected chi connectivity index (χ3v) is 4.47. The number of carbonyl (C=O) groups excluding carboxylic acids is 1. The molecule has 3 N–H and O–H groups in total. The van der Waals surface area contributed by atoms with Crippen molar-refractivity contribution in [1.82, 2.24) is 14.9 Å². The molecule has 0 aliphatic carbocycles. The van der Waals surface area contributed by atoms with Crippen molar-refractivity contribution >= 4 is 16.9 Å². The van der Waals surface area contributed by atoms with Crippen LogP contribution in [0.25, 0.3) is 11.0 Å². The molecule has 7 nitrogen and oxygen atoms in total. The Kier molecular flexibility index (Phi) is 5.30. The van der Waals surface area contributed by atoms with Crippen LogP contribution in [-0.4, -0.2) is 32.2 Å². The lowest BCUT2D eigenvalue weighted by Gasteiger charge is -2.12. The third kappa shape index (κ3) is 3.53. The summed E-state index contributed by atoms with van der Waals surface area (Å²) in [7, 11) is 1.49. The third-order valence-electron chi connectivity index (χ3n) is 4.47. The summed E-state index contributed by atoms with van der Waals surface area (Å²) in [6.07, 6.45) is 2.42. The number of carbonyl (C=O) groups is 1. The van der Waals surface area contributed by atoms with Gasteiger partial charge in [0.2, 0.25) is 0 Å². The van der Waals surface area contributed by atoms with Crippen molar-refractivity contribution in [2.24, 2.45) is 7.05 Å². The maximum Gasteiger partial charge on any atom is 0.267 e. The average Bonchev–Trinajstić information content (AvgIpc) is 2.67. The normalized spacial score (nSPS) is 11.0. The number of hydrogen-bond acceptors (Lipinski definition) is 5. The number of benzene rings is 1. The van der Waals surface area contributed by atoms with E-state index in [4.69, 9.17) is 0 Å². The molecule has 2 aromatic heterocycles. The van der Waals surface area contributed by atoms with E-state index in [1.807, 2.05) is 6.92 Å². The Morgan fingerprint density at radius 2 is 2.04 bits per heavy atom. The Labute approximate surface area is 160 Å². The first-order valence-electron chi connectivity index (χ1n) is 8.79. The van der Waals surface area contributed by atoms with E-state index in [1.54, 1.807) is 6.07 Å². The molecule has 0 saturated carbocycles. The summed E-state index contributed by atoms with van der Waals surface area (Å²) in [4.78, 5) is 29.0. The second-order valence-corrected chi connectivity index (χ2v) is 6.50. The molecule has 0 radical (unpaired) electrons. The quantitative estimate of drug-likeness (QED) is 0.625. The Balaban J connectivity index is 2.06. The first kappa shape index (κ1) is 19.3. The van der Waals surface area contributed by atoms with Crippen molar-refractivity contribution in [3.05, 3.63) is 63.3 Å². The number of nitrogens with zero attached hydrogens (tertiary/aromatic N) is 2. The van der Waals surface area contributed by atoms with Gasteiger partial charge in [-0.05, 0) is 29.7 Å². The number of amides is 1. The molecule has 1 aromatic carbocycles. The van der Waals surface area contributed by atoms with Crippen LogP contribution in [0.4, 0.5) is 4.39 Å². The van der Waals surface area contributed by atoms with E-state index in [9.17, 15) is 24.2 Å². The zero-order valence-electron chi connectivity index (χ0n) is 15.5. The summed E-state index contributed by atoms with van der Waals surface area (Å²) < 4.78 is 14.4. The number of hydrogen-bond donors (Lipinski definition) is 3. The fourth-order valence-electron chi connectivity index (χ4n) is 2.96. The highest BCUT2D eigenvalue weighted by atomic mass is 19.1. The summed E-state index contributed by atoms with van der Waals surface area (Å²) in [6, 6.07) is 5.37. The Morgan fingerprint density at radius 3 is 2.71 bits per heavy atom. The number of pyridine rings is 2. The van der Waals surface area contributed by atoms with Gasteiger partial charge in [-0.1, -0.05) is 13.0 Å². The van der Waals surface area contributed by atoms with Crippen LogP contribution in [0.3, 0.4) is 0 Å². The molecule has 0 saturated heterocycles. The van der Waals surface area contributed by atoms with Crippen LogP contribution in [0, 0.1) is 5.82 Å². The van der Waals surface area contributed by atoms with Crippen LogP contribution in [0.2, 0.25) is 0 Å². The minimum atomic E-state index is -0.649. The maximum absolute atomic E-state index is 13.1. The second-order valence-electron chi connectivity index (χ2n) is 6.50. The highest BCUT2D eigenvalue weighted by Gasteiger charge is 2.22. The first-order valence-corrected chi connectivity index (χ1v) is 8.79. The van der Waals surface area contributed by atoms with Gasteiger partial charge in [-0.15, -0.1) is 0 Å². The van der Waals surface area contributed by atoms with E-state index >= 15 is 0 Å². The van der Waals surface area contributed by atoms with E-state index < -0.39 is 23.0 Å². The topological polar surface area (TPSA) is 104 Å². The molecule has 0 spiro atoms. The van der Waals surface area contributed by atoms with Gasteiger partial charge >= 0.3 is 0 Å². The summed E-state index contributed by atoms with van der Waals surface area (Å²) >= 11 is 0.